The average Bonchev–Trinajstić information content (AvgIpc) is 2.72. The molecule has 0 fully saturated rings. The van der Waals surface area contributed by atoms with Crippen molar-refractivity contribution in [1.82, 2.24) is 14.8 Å². The molecule has 3 nitrogen and oxygen atoms in total. The summed E-state index contributed by atoms with van der Waals surface area (Å²) in [5, 5.41) is 5.53. The van der Waals surface area contributed by atoms with E-state index in [4.69, 9.17) is 23.2 Å². The zero-order valence-electron chi connectivity index (χ0n) is 9.74. The lowest BCUT2D eigenvalue weighted by Crippen LogP contribution is -2.04. The molecule has 0 aliphatic rings. The third-order valence-corrected chi connectivity index (χ3v) is 3.03. The summed E-state index contributed by atoms with van der Waals surface area (Å²) in [5.41, 5.74) is 2.13. The van der Waals surface area contributed by atoms with Crippen molar-refractivity contribution in [3.8, 4) is 5.82 Å². The fraction of sp³-hybridized carbons (Fsp3) is 0.333. The quantitative estimate of drug-likeness (QED) is 0.851. The van der Waals surface area contributed by atoms with Crippen LogP contribution in [0, 0.1) is 0 Å². The molecule has 2 rings (SSSR count). The van der Waals surface area contributed by atoms with E-state index in [2.05, 4.69) is 30.0 Å². The smallest absolute Gasteiger partial charge is 0.172 e. The molecule has 2 aromatic heterocycles. The minimum Gasteiger partial charge on any atom is -0.234 e. The standard InChI is InChI=1S/C12H13Cl2N3/c1-3-9-6-10(4-2)17(16-9)12-11(14)5-8(13)7-15-12/h5-7H,3-4H2,1-2H3. The normalized spacial score (nSPS) is 10.8. The largest absolute Gasteiger partial charge is 0.234 e. The third kappa shape index (κ3) is 2.45. The second kappa shape index (κ2) is 5.07. The van der Waals surface area contributed by atoms with Crippen LogP contribution in [0.3, 0.4) is 0 Å². The summed E-state index contributed by atoms with van der Waals surface area (Å²) in [6, 6.07) is 3.75. The molecule has 90 valence electrons. The fourth-order valence-electron chi connectivity index (χ4n) is 1.65. The lowest BCUT2D eigenvalue weighted by molar-refractivity contribution is 0.772. The van der Waals surface area contributed by atoms with Crippen LogP contribution in [0.4, 0.5) is 0 Å². The van der Waals surface area contributed by atoms with Gasteiger partial charge < -0.3 is 0 Å². The molecule has 0 aromatic carbocycles. The molecule has 0 atom stereocenters. The van der Waals surface area contributed by atoms with Crippen LogP contribution in [0.5, 0.6) is 0 Å². The second-order valence-electron chi connectivity index (χ2n) is 3.70. The van der Waals surface area contributed by atoms with E-state index in [9.17, 15) is 0 Å². The van der Waals surface area contributed by atoms with E-state index >= 15 is 0 Å². The van der Waals surface area contributed by atoms with E-state index in [1.807, 2.05) is 0 Å². The number of nitrogens with zero attached hydrogens (tertiary/aromatic N) is 3. The molecule has 0 saturated carbocycles. The SMILES string of the molecule is CCc1cc(CC)n(-c2ncc(Cl)cc2Cl)n1. The monoisotopic (exact) mass is 269 g/mol. The highest BCUT2D eigenvalue weighted by Crippen LogP contribution is 2.23. The van der Waals surface area contributed by atoms with Gasteiger partial charge >= 0.3 is 0 Å². The highest BCUT2D eigenvalue weighted by atomic mass is 35.5. The second-order valence-corrected chi connectivity index (χ2v) is 4.55. The minimum absolute atomic E-state index is 0.512. The fourth-order valence-corrected chi connectivity index (χ4v) is 2.11. The van der Waals surface area contributed by atoms with E-state index in [1.54, 1.807) is 16.9 Å². The number of aryl methyl sites for hydroxylation is 2. The van der Waals surface area contributed by atoms with Gasteiger partial charge in [-0.25, -0.2) is 9.67 Å². The first-order chi connectivity index (χ1) is 8.15. The summed E-state index contributed by atoms with van der Waals surface area (Å²) in [4.78, 5) is 4.24. The van der Waals surface area contributed by atoms with E-state index in [0.717, 1.165) is 24.2 Å². The molecule has 5 heteroatoms. The van der Waals surface area contributed by atoms with Crippen LogP contribution in [0.15, 0.2) is 18.3 Å². The summed E-state index contributed by atoms with van der Waals surface area (Å²) >= 11 is 12.0. The van der Waals surface area contributed by atoms with Crippen molar-refractivity contribution in [3.63, 3.8) is 0 Å². The Bertz CT molecular complexity index is 535. The van der Waals surface area contributed by atoms with Crippen LogP contribution in [-0.2, 0) is 12.8 Å². The van der Waals surface area contributed by atoms with E-state index in [-0.39, 0.29) is 0 Å². The van der Waals surface area contributed by atoms with Crippen molar-refractivity contribution in [2.45, 2.75) is 26.7 Å². The first kappa shape index (κ1) is 12.4. The Hall–Kier alpha value is -1.06. The lowest BCUT2D eigenvalue weighted by atomic mass is 10.2. The zero-order valence-corrected chi connectivity index (χ0v) is 11.3. The number of pyridine rings is 1. The van der Waals surface area contributed by atoms with Crippen LogP contribution in [0.2, 0.25) is 10.0 Å². The summed E-state index contributed by atoms with van der Waals surface area (Å²) in [5.74, 6) is 0.632. The van der Waals surface area contributed by atoms with E-state index in [1.165, 1.54) is 0 Å². The van der Waals surface area contributed by atoms with Gasteiger partial charge in [0.1, 0.15) is 0 Å². The number of hydrogen-bond donors (Lipinski definition) is 0. The van der Waals surface area contributed by atoms with Crippen molar-refractivity contribution in [3.05, 3.63) is 39.8 Å². The Labute approximate surface area is 110 Å². The molecule has 0 radical (unpaired) electrons. The van der Waals surface area contributed by atoms with Crippen LogP contribution >= 0.6 is 23.2 Å². The Morgan fingerprint density at radius 1 is 1.18 bits per heavy atom. The number of hydrogen-bond acceptors (Lipinski definition) is 2. The van der Waals surface area contributed by atoms with Gasteiger partial charge in [-0.05, 0) is 25.0 Å². The van der Waals surface area contributed by atoms with Crippen molar-refractivity contribution in [1.29, 1.82) is 0 Å². The maximum atomic E-state index is 6.14. The topological polar surface area (TPSA) is 30.7 Å². The summed E-state index contributed by atoms with van der Waals surface area (Å²) in [6.45, 7) is 4.15. The Morgan fingerprint density at radius 2 is 1.94 bits per heavy atom. The Morgan fingerprint density at radius 3 is 2.53 bits per heavy atom. The molecule has 0 spiro atoms. The van der Waals surface area contributed by atoms with Gasteiger partial charge in [0, 0.05) is 11.9 Å². The summed E-state index contributed by atoms with van der Waals surface area (Å²) in [6.07, 6.45) is 3.36. The zero-order chi connectivity index (χ0) is 12.4. The highest BCUT2D eigenvalue weighted by molar-refractivity contribution is 6.35. The number of halogens is 2. The predicted molar refractivity (Wildman–Crippen MR) is 70.1 cm³/mol. The van der Waals surface area contributed by atoms with Gasteiger partial charge in [0.2, 0.25) is 0 Å². The van der Waals surface area contributed by atoms with E-state index < -0.39 is 0 Å². The molecule has 0 aliphatic carbocycles. The molecular formula is C12H13Cl2N3. The summed E-state index contributed by atoms with van der Waals surface area (Å²) in [7, 11) is 0. The van der Waals surface area contributed by atoms with Crippen molar-refractivity contribution in [2.75, 3.05) is 0 Å². The molecular weight excluding hydrogens is 257 g/mol. The Balaban J connectivity index is 2.55. The van der Waals surface area contributed by atoms with Gasteiger partial charge in [-0.2, -0.15) is 5.10 Å². The van der Waals surface area contributed by atoms with Gasteiger partial charge in [-0.3, -0.25) is 0 Å². The molecule has 0 amide bonds. The van der Waals surface area contributed by atoms with Crippen LogP contribution in [0.25, 0.3) is 5.82 Å². The van der Waals surface area contributed by atoms with Crippen molar-refractivity contribution in [2.24, 2.45) is 0 Å². The summed E-state index contributed by atoms with van der Waals surface area (Å²) < 4.78 is 1.79. The first-order valence-electron chi connectivity index (χ1n) is 5.55. The minimum atomic E-state index is 0.512. The lowest BCUT2D eigenvalue weighted by Gasteiger charge is -2.06. The highest BCUT2D eigenvalue weighted by Gasteiger charge is 2.11. The maximum absolute atomic E-state index is 6.14. The number of aromatic nitrogens is 3. The van der Waals surface area contributed by atoms with Crippen LogP contribution in [-0.4, -0.2) is 14.8 Å². The Kier molecular flexibility index (Phi) is 3.69. The van der Waals surface area contributed by atoms with Gasteiger partial charge in [-0.1, -0.05) is 37.0 Å². The van der Waals surface area contributed by atoms with Gasteiger partial charge in [-0.15, -0.1) is 0 Å². The molecule has 0 saturated heterocycles. The third-order valence-electron chi connectivity index (χ3n) is 2.55. The molecule has 0 aliphatic heterocycles. The molecule has 0 N–H and O–H groups in total. The molecule has 17 heavy (non-hydrogen) atoms. The van der Waals surface area contributed by atoms with Crippen LogP contribution < -0.4 is 0 Å². The molecule has 2 aromatic rings. The molecule has 0 unspecified atom stereocenters. The van der Waals surface area contributed by atoms with Crippen molar-refractivity contribution < 1.29 is 0 Å². The number of rotatable bonds is 3. The molecule has 0 bridgehead atoms. The first-order valence-corrected chi connectivity index (χ1v) is 6.30. The van der Waals surface area contributed by atoms with E-state index in [0.29, 0.717) is 15.9 Å². The van der Waals surface area contributed by atoms with Gasteiger partial charge in [0.05, 0.1) is 15.7 Å². The van der Waals surface area contributed by atoms with Crippen molar-refractivity contribution >= 4 is 23.2 Å². The average molecular weight is 270 g/mol. The van der Waals surface area contributed by atoms with Crippen LogP contribution in [0.1, 0.15) is 25.2 Å². The molecule has 2 heterocycles. The predicted octanol–water partition coefficient (Wildman–Crippen LogP) is 3.70. The maximum Gasteiger partial charge on any atom is 0.172 e. The van der Waals surface area contributed by atoms with Gasteiger partial charge in [0.15, 0.2) is 5.82 Å². The van der Waals surface area contributed by atoms with Gasteiger partial charge in [0.25, 0.3) is 0 Å².